The monoisotopic (exact) mass is 414 g/mol. The molecule has 0 bridgehead atoms. The van der Waals surface area contributed by atoms with Crippen LogP contribution in [0.3, 0.4) is 0 Å². The molecular formula is C21H22N2O5S. The fraction of sp³-hybridized carbons (Fsp3) is 0.381. The molecule has 29 heavy (non-hydrogen) atoms. The third-order valence-electron chi connectivity index (χ3n) is 6.17. The quantitative estimate of drug-likeness (QED) is 0.722. The van der Waals surface area contributed by atoms with Gasteiger partial charge >= 0.3 is 0 Å². The Morgan fingerprint density at radius 3 is 2.34 bits per heavy atom. The van der Waals surface area contributed by atoms with E-state index < -0.39 is 15.4 Å². The van der Waals surface area contributed by atoms with Gasteiger partial charge in [0.15, 0.2) is 11.5 Å². The molecule has 3 aliphatic heterocycles. The van der Waals surface area contributed by atoms with Gasteiger partial charge in [-0.25, -0.2) is 8.42 Å². The van der Waals surface area contributed by atoms with Crippen LogP contribution in [0.5, 0.6) is 11.5 Å². The number of benzene rings is 2. The molecule has 2 aromatic carbocycles. The van der Waals surface area contributed by atoms with E-state index in [1.807, 2.05) is 25.1 Å². The Morgan fingerprint density at radius 1 is 0.966 bits per heavy atom. The first-order chi connectivity index (χ1) is 13.9. The Morgan fingerprint density at radius 2 is 1.66 bits per heavy atom. The van der Waals surface area contributed by atoms with E-state index in [1.54, 1.807) is 29.2 Å². The standard InChI is InChI=1S/C21H22N2O5S/c1-15-2-5-17(6-3-15)29(25,26)22-10-8-21(9-11-22)13-23(20(21)24)16-4-7-18-19(12-16)28-14-27-18/h2-7,12H,8-11,13-14H2,1H3. The molecule has 3 heterocycles. The molecule has 2 saturated heterocycles. The molecule has 0 atom stereocenters. The molecule has 2 fully saturated rings. The first kappa shape index (κ1) is 18.4. The maximum absolute atomic E-state index is 13.0. The number of ether oxygens (including phenoxy) is 2. The summed E-state index contributed by atoms with van der Waals surface area (Å²) in [5.74, 6) is 1.39. The average Bonchev–Trinajstić information content (AvgIpc) is 3.20. The largest absolute Gasteiger partial charge is 0.454 e. The smallest absolute Gasteiger partial charge is 0.243 e. The van der Waals surface area contributed by atoms with E-state index in [0.29, 0.717) is 48.9 Å². The van der Waals surface area contributed by atoms with Gasteiger partial charge in [-0.3, -0.25) is 4.79 Å². The van der Waals surface area contributed by atoms with Gasteiger partial charge in [-0.1, -0.05) is 17.7 Å². The van der Waals surface area contributed by atoms with Gasteiger partial charge in [-0.2, -0.15) is 4.31 Å². The number of amides is 1. The molecule has 8 heteroatoms. The maximum atomic E-state index is 13.0. The molecule has 0 aromatic heterocycles. The number of rotatable bonds is 3. The molecule has 0 N–H and O–H groups in total. The normalized spacial score (nSPS) is 20.7. The fourth-order valence-electron chi connectivity index (χ4n) is 4.28. The number of nitrogens with zero attached hydrogens (tertiary/aromatic N) is 2. The Labute approximate surface area is 169 Å². The minimum atomic E-state index is -3.53. The number of piperidine rings is 1. The molecular weight excluding hydrogens is 392 g/mol. The lowest BCUT2D eigenvalue weighted by Crippen LogP contribution is -2.65. The van der Waals surface area contributed by atoms with Crippen LogP contribution < -0.4 is 14.4 Å². The highest BCUT2D eigenvalue weighted by Gasteiger charge is 2.54. The van der Waals surface area contributed by atoms with Gasteiger partial charge in [-0.15, -0.1) is 0 Å². The highest BCUT2D eigenvalue weighted by Crippen LogP contribution is 2.46. The number of carbonyl (C=O) groups is 1. The molecule has 5 rings (SSSR count). The van der Waals surface area contributed by atoms with Gasteiger partial charge in [0.1, 0.15) is 0 Å². The van der Waals surface area contributed by atoms with E-state index >= 15 is 0 Å². The van der Waals surface area contributed by atoms with E-state index in [1.165, 1.54) is 4.31 Å². The summed E-state index contributed by atoms with van der Waals surface area (Å²) >= 11 is 0. The van der Waals surface area contributed by atoms with Gasteiger partial charge in [0, 0.05) is 31.4 Å². The van der Waals surface area contributed by atoms with Crippen molar-refractivity contribution < 1.29 is 22.7 Å². The third kappa shape index (κ3) is 2.89. The van der Waals surface area contributed by atoms with Crippen LogP contribution in [-0.2, 0) is 14.8 Å². The minimum Gasteiger partial charge on any atom is -0.454 e. The molecule has 2 aromatic rings. The summed E-state index contributed by atoms with van der Waals surface area (Å²) < 4.78 is 38.0. The van der Waals surface area contributed by atoms with Crippen LogP contribution in [0, 0.1) is 12.3 Å². The molecule has 0 saturated carbocycles. The van der Waals surface area contributed by atoms with Gasteiger partial charge in [0.2, 0.25) is 22.7 Å². The van der Waals surface area contributed by atoms with Crippen molar-refractivity contribution in [1.29, 1.82) is 0 Å². The minimum absolute atomic E-state index is 0.0590. The predicted molar refractivity (Wildman–Crippen MR) is 107 cm³/mol. The highest BCUT2D eigenvalue weighted by molar-refractivity contribution is 7.89. The number of fused-ring (bicyclic) bond motifs is 1. The highest BCUT2D eigenvalue weighted by atomic mass is 32.2. The molecule has 3 aliphatic rings. The lowest BCUT2D eigenvalue weighted by molar-refractivity contribution is -0.137. The van der Waals surface area contributed by atoms with Crippen LogP contribution in [0.1, 0.15) is 18.4 Å². The summed E-state index contributed by atoms with van der Waals surface area (Å²) in [7, 11) is -3.53. The van der Waals surface area contributed by atoms with Crippen molar-refractivity contribution in [3.63, 3.8) is 0 Å². The van der Waals surface area contributed by atoms with Crippen LogP contribution >= 0.6 is 0 Å². The molecule has 0 unspecified atom stereocenters. The fourth-order valence-corrected chi connectivity index (χ4v) is 5.73. The van der Waals surface area contributed by atoms with E-state index in [0.717, 1.165) is 11.3 Å². The Hall–Kier alpha value is -2.58. The molecule has 152 valence electrons. The second-order valence-electron chi connectivity index (χ2n) is 7.93. The van der Waals surface area contributed by atoms with Crippen molar-refractivity contribution in [2.45, 2.75) is 24.7 Å². The lowest BCUT2D eigenvalue weighted by Gasteiger charge is -2.52. The average molecular weight is 414 g/mol. The number of sulfonamides is 1. The van der Waals surface area contributed by atoms with Crippen molar-refractivity contribution in [1.82, 2.24) is 4.31 Å². The van der Waals surface area contributed by atoms with Crippen LogP contribution in [-0.4, -0.2) is 45.1 Å². The molecule has 1 amide bonds. The predicted octanol–water partition coefficient (Wildman–Crippen LogP) is 2.54. The van der Waals surface area contributed by atoms with Crippen molar-refractivity contribution >= 4 is 21.6 Å². The van der Waals surface area contributed by atoms with E-state index in [-0.39, 0.29) is 12.7 Å². The van der Waals surface area contributed by atoms with Gasteiger partial charge in [0.25, 0.3) is 0 Å². The SMILES string of the molecule is Cc1ccc(S(=O)(=O)N2CCC3(CC2)CN(c2ccc4c(c2)OCO4)C3=O)cc1. The number of carbonyl (C=O) groups excluding carboxylic acids is 1. The molecule has 1 spiro atoms. The molecule has 7 nitrogen and oxygen atoms in total. The van der Waals surface area contributed by atoms with Gasteiger partial charge in [-0.05, 0) is 44.0 Å². The number of anilines is 1. The van der Waals surface area contributed by atoms with E-state index in [4.69, 9.17) is 9.47 Å². The molecule has 0 radical (unpaired) electrons. The van der Waals surface area contributed by atoms with Crippen molar-refractivity contribution in [3.8, 4) is 11.5 Å². The second kappa shape index (κ2) is 6.47. The first-order valence-electron chi connectivity index (χ1n) is 9.68. The lowest BCUT2D eigenvalue weighted by atomic mass is 9.71. The Bertz CT molecular complexity index is 1070. The first-order valence-corrected chi connectivity index (χ1v) is 11.1. The second-order valence-corrected chi connectivity index (χ2v) is 9.86. The number of aryl methyl sites for hydroxylation is 1. The van der Waals surface area contributed by atoms with Crippen LogP contribution in [0.4, 0.5) is 5.69 Å². The van der Waals surface area contributed by atoms with E-state index in [2.05, 4.69) is 0 Å². The number of hydrogen-bond donors (Lipinski definition) is 0. The summed E-state index contributed by atoms with van der Waals surface area (Å²) in [6.45, 7) is 3.44. The molecule has 0 aliphatic carbocycles. The summed E-state index contributed by atoms with van der Waals surface area (Å²) in [6.07, 6.45) is 1.08. The Kier molecular flexibility index (Phi) is 4.11. The summed E-state index contributed by atoms with van der Waals surface area (Å²) in [5, 5.41) is 0. The topological polar surface area (TPSA) is 76.2 Å². The van der Waals surface area contributed by atoms with E-state index in [9.17, 15) is 13.2 Å². The van der Waals surface area contributed by atoms with Crippen LogP contribution in [0.2, 0.25) is 0 Å². The zero-order chi connectivity index (χ0) is 20.2. The zero-order valence-electron chi connectivity index (χ0n) is 16.1. The van der Waals surface area contributed by atoms with Crippen LogP contribution in [0.25, 0.3) is 0 Å². The third-order valence-corrected chi connectivity index (χ3v) is 8.08. The maximum Gasteiger partial charge on any atom is 0.243 e. The number of hydrogen-bond acceptors (Lipinski definition) is 5. The summed E-state index contributed by atoms with van der Waals surface area (Å²) in [4.78, 5) is 15.0. The van der Waals surface area contributed by atoms with Crippen molar-refractivity contribution in [3.05, 3.63) is 48.0 Å². The van der Waals surface area contributed by atoms with Crippen LogP contribution in [0.15, 0.2) is 47.4 Å². The summed E-state index contributed by atoms with van der Waals surface area (Å²) in [5.41, 5.74) is 1.35. The van der Waals surface area contributed by atoms with Crippen molar-refractivity contribution in [2.24, 2.45) is 5.41 Å². The van der Waals surface area contributed by atoms with Gasteiger partial charge < -0.3 is 14.4 Å². The zero-order valence-corrected chi connectivity index (χ0v) is 16.9. The summed E-state index contributed by atoms with van der Waals surface area (Å²) in [6, 6.07) is 12.4. The van der Waals surface area contributed by atoms with Gasteiger partial charge in [0.05, 0.1) is 10.3 Å². The number of β-lactam (4-membered cyclic amide) rings is 1. The van der Waals surface area contributed by atoms with Crippen molar-refractivity contribution in [2.75, 3.05) is 31.3 Å². The Balaban J connectivity index is 1.27.